The number of nitro groups is 1. The summed E-state index contributed by atoms with van der Waals surface area (Å²) in [6.45, 7) is 2.89. The van der Waals surface area contributed by atoms with Gasteiger partial charge in [-0.15, -0.1) is 0 Å². The fourth-order valence-corrected chi connectivity index (χ4v) is 2.43. The van der Waals surface area contributed by atoms with Crippen molar-refractivity contribution in [2.45, 2.75) is 19.4 Å². The van der Waals surface area contributed by atoms with Crippen LogP contribution in [0, 0.1) is 10.1 Å². The topological polar surface area (TPSA) is 90.7 Å². The molecule has 1 amide bonds. The van der Waals surface area contributed by atoms with E-state index in [1.807, 2.05) is 37.3 Å². The first-order chi connectivity index (χ1) is 12.5. The number of nitrogens with one attached hydrogen (secondary N) is 1. The number of hydrogen-bond donors (Lipinski definition) is 1. The van der Waals surface area contributed by atoms with Gasteiger partial charge in [0.1, 0.15) is 0 Å². The van der Waals surface area contributed by atoms with E-state index in [4.69, 9.17) is 9.47 Å². The Balaban J connectivity index is 1.78. The van der Waals surface area contributed by atoms with Crippen molar-refractivity contribution < 1.29 is 19.2 Å². The van der Waals surface area contributed by atoms with Crippen LogP contribution in [-0.2, 0) is 4.74 Å². The van der Waals surface area contributed by atoms with Gasteiger partial charge < -0.3 is 14.8 Å². The van der Waals surface area contributed by atoms with Crippen LogP contribution in [0.25, 0.3) is 0 Å². The molecule has 0 saturated carbocycles. The Hall–Kier alpha value is -2.93. The van der Waals surface area contributed by atoms with Crippen molar-refractivity contribution in [3.63, 3.8) is 0 Å². The van der Waals surface area contributed by atoms with Gasteiger partial charge in [0.15, 0.2) is 5.75 Å². The van der Waals surface area contributed by atoms with Crippen LogP contribution >= 0.6 is 0 Å². The lowest BCUT2D eigenvalue weighted by Crippen LogP contribution is -2.25. The van der Waals surface area contributed by atoms with Crippen molar-refractivity contribution in [3.05, 3.63) is 69.8 Å². The summed E-state index contributed by atoms with van der Waals surface area (Å²) in [6, 6.07) is 14.0. The average Bonchev–Trinajstić information content (AvgIpc) is 2.67. The molecule has 2 aromatic rings. The Morgan fingerprint density at radius 1 is 1.23 bits per heavy atom. The summed E-state index contributed by atoms with van der Waals surface area (Å²) in [5.74, 6) is -0.248. The van der Waals surface area contributed by atoms with Gasteiger partial charge in [-0.25, -0.2) is 0 Å². The van der Waals surface area contributed by atoms with E-state index in [1.165, 1.54) is 25.3 Å². The lowest BCUT2D eigenvalue weighted by molar-refractivity contribution is -0.385. The Bertz CT molecular complexity index is 749. The zero-order valence-corrected chi connectivity index (χ0v) is 14.8. The second-order valence-electron chi connectivity index (χ2n) is 5.68. The van der Waals surface area contributed by atoms with Gasteiger partial charge >= 0.3 is 5.69 Å². The number of nitro benzene ring substituents is 1. The molecule has 138 valence electrons. The second-order valence-corrected chi connectivity index (χ2v) is 5.68. The monoisotopic (exact) mass is 358 g/mol. The Kier molecular flexibility index (Phi) is 7.11. The highest BCUT2D eigenvalue weighted by Crippen LogP contribution is 2.27. The minimum Gasteiger partial charge on any atom is -0.490 e. The standard InChI is InChI=1S/C19H22N2O5/c1-14(15-7-4-3-5-8-15)26-12-6-11-20-19(22)16-9-10-18(25-2)17(13-16)21(23)24/h3-5,7-10,13-14H,6,11-12H2,1-2H3,(H,20,22). The summed E-state index contributed by atoms with van der Waals surface area (Å²) in [6.07, 6.45) is 0.623. The third kappa shape index (κ3) is 5.29. The summed E-state index contributed by atoms with van der Waals surface area (Å²) in [5, 5.41) is 13.7. The van der Waals surface area contributed by atoms with E-state index in [0.717, 1.165) is 5.56 Å². The molecular formula is C19H22N2O5. The van der Waals surface area contributed by atoms with Gasteiger partial charge in [-0.2, -0.15) is 0 Å². The minimum absolute atomic E-state index is 0.0175. The quantitative estimate of drug-likeness (QED) is 0.421. The van der Waals surface area contributed by atoms with Crippen LogP contribution < -0.4 is 10.1 Å². The fraction of sp³-hybridized carbons (Fsp3) is 0.316. The third-order valence-corrected chi connectivity index (χ3v) is 3.88. The van der Waals surface area contributed by atoms with E-state index in [1.54, 1.807) is 0 Å². The largest absolute Gasteiger partial charge is 0.490 e. The van der Waals surface area contributed by atoms with Gasteiger partial charge in [0.05, 0.1) is 18.1 Å². The molecule has 7 heteroatoms. The first-order valence-corrected chi connectivity index (χ1v) is 8.30. The second kappa shape index (κ2) is 9.53. The maximum absolute atomic E-state index is 12.1. The van der Waals surface area contributed by atoms with Crippen molar-refractivity contribution in [1.82, 2.24) is 5.32 Å². The van der Waals surface area contributed by atoms with Crippen LogP contribution in [0.5, 0.6) is 5.75 Å². The van der Waals surface area contributed by atoms with E-state index in [2.05, 4.69) is 5.32 Å². The number of nitrogens with zero attached hydrogens (tertiary/aromatic N) is 1. The molecule has 0 aliphatic rings. The number of rotatable bonds is 9. The van der Waals surface area contributed by atoms with Crippen LogP contribution in [-0.4, -0.2) is 31.1 Å². The van der Waals surface area contributed by atoms with E-state index in [9.17, 15) is 14.9 Å². The predicted molar refractivity (Wildman–Crippen MR) is 97.4 cm³/mol. The van der Waals surface area contributed by atoms with E-state index < -0.39 is 4.92 Å². The van der Waals surface area contributed by atoms with Gasteiger partial charge in [-0.05, 0) is 31.0 Å². The molecular weight excluding hydrogens is 336 g/mol. The third-order valence-electron chi connectivity index (χ3n) is 3.88. The van der Waals surface area contributed by atoms with Crippen molar-refractivity contribution in [3.8, 4) is 5.75 Å². The molecule has 0 aliphatic carbocycles. The van der Waals surface area contributed by atoms with Crippen LogP contribution in [0.15, 0.2) is 48.5 Å². The van der Waals surface area contributed by atoms with E-state index in [-0.39, 0.29) is 29.0 Å². The smallest absolute Gasteiger partial charge is 0.311 e. The molecule has 0 heterocycles. The number of hydrogen-bond acceptors (Lipinski definition) is 5. The molecule has 1 N–H and O–H groups in total. The highest BCUT2D eigenvalue weighted by molar-refractivity contribution is 5.95. The summed E-state index contributed by atoms with van der Waals surface area (Å²) < 4.78 is 10.7. The molecule has 0 aliphatic heterocycles. The first kappa shape index (κ1) is 19.4. The van der Waals surface area contributed by atoms with Gasteiger partial charge in [0, 0.05) is 24.8 Å². The highest BCUT2D eigenvalue weighted by Gasteiger charge is 2.17. The molecule has 26 heavy (non-hydrogen) atoms. The number of carbonyl (C=O) groups is 1. The van der Waals surface area contributed by atoms with Gasteiger partial charge in [0.25, 0.3) is 5.91 Å². The summed E-state index contributed by atoms with van der Waals surface area (Å²) in [7, 11) is 1.35. The van der Waals surface area contributed by atoms with Crippen LogP contribution in [0.4, 0.5) is 5.69 Å². The zero-order chi connectivity index (χ0) is 18.9. The van der Waals surface area contributed by atoms with E-state index in [0.29, 0.717) is 19.6 Å². The molecule has 0 radical (unpaired) electrons. The number of amides is 1. The first-order valence-electron chi connectivity index (χ1n) is 8.30. The predicted octanol–water partition coefficient (Wildman–Crippen LogP) is 3.50. The molecule has 0 spiro atoms. The molecule has 7 nitrogen and oxygen atoms in total. The number of ether oxygens (including phenoxy) is 2. The van der Waals surface area contributed by atoms with Crippen LogP contribution in [0.1, 0.15) is 35.4 Å². The lowest BCUT2D eigenvalue weighted by Gasteiger charge is -2.13. The maximum atomic E-state index is 12.1. The van der Waals surface area contributed by atoms with E-state index >= 15 is 0 Å². The normalized spacial score (nSPS) is 11.6. The van der Waals surface area contributed by atoms with Crippen LogP contribution in [0.2, 0.25) is 0 Å². The maximum Gasteiger partial charge on any atom is 0.311 e. The minimum atomic E-state index is -0.575. The SMILES string of the molecule is COc1ccc(C(=O)NCCCOC(C)c2ccccc2)cc1[N+](=O)[O-]. The van der Waals surface area contributed by atoms with Crippen molar-refractivity contribution in [2.75, 3.05) is 20.3 Å². The molecule has 2 aromatic carbocycles. The Labute approximate surface area is 152 Å². The highest BCUT2D eigenvalue weighted by atomic mass is 16.6. The fourth-order valence-electron chi connectivity index (χ4n) is 2.43. The molecule has 0 fully saturated rings. The summed E-state index contributed by atoms with van der Waals surface area (Å²) >= 11 is 0. The van der Waals surface area contributed by atoms with Crippen LogP contribution in [0.3, 0.4) is 0 Å². The van der Waals surface area contributed by atoms with Gasteiger partial charge in [-0.1, -0.05) is 30.3 Å². The number of methoxy groups -OCH3 is 1. The Morgan fingerprint density at radius 3 is 2.62 bits per heavy atom. The summed E-state index contributed by atoms with van der Waals surface area (Å²) in [5.41, 5.74) is 1.08. The average molecular weight is 358 g/mol. The molecule has 1 atom stereocenters. The lowest BCUT2D eigenvalue weighted by atomic mass is 10.1. The number of carbonyl (C=O) groups excluding carboxylic acids is 1. The van der Waals surface area contributed by atoms with Crippen molar-refractivity contribution >= 4 is 11.6 Å². The molecule has 0 bridgehead atoms. The van der Waals surface area contributed by atoms with Crippen molar-refractivity contribution in [2.24, 2.45) is 0 Å². The molecule has 2 rings (SSSR count). The van der Waals surface area contributed by atoms with Crippen molar-refractivity contribution in [1.29, 1.82) is 0 Å². The van der Waals surface area contributed by atoms with Gasteiger partial charge in [0.2, 0.25) is 0 Å². The molecule has 0 aromatic heterocycles. The Morgan fingerprint density at radius 2 is 1.96 bits per heavy atom. The zero-order valence-electron chi connectivity index (χ0n) is 14.8. The number of benzene rings is 2. The molecule has 0 saturated heterocycles. The summed E-state index contributed by atoms with van der Waals surface area (Å²) in [4.78, 5) is 22.6. The van der Waals surface area contributed by atoms with Gasteiger partial charge in [-0.3, -0.25) is 14.9 Å². The molecule has 1 unspecified atom stereocenters.